The van der Waals surface area contributed by atoms with Crippen molar-refractivity contribution in [2.75, 3.05) is 13.1 Å². The second-order valence-corrected chi connectivity index (χ2v) is 7.76. The van der Waals surface area contributed by atoms with Gasteiger partial charge in [-0.15, -0.1) is 0 Å². The monoisotopic (exact) mass is 342 g/mol. The number of morpholine rings is 1. The van der Waals surface area contributed by atoms with Crippen molar-refractivity contribution >= 4 is 16.9 Å². The average molecular weight is 342 g/mol. The number of carbonyl (C=O) groups is 1. The summed E-state index contributed by atoms with van der Waals surface area (Å²) in [5.41, 5.74) is 2.60. The zero-order chi connectivity index (χ0) is 17.7. The van der Waals surface area contributed by atoms with Gasteiger partial charge >= 0.3 is 0 Å². The zero-order valence-corrected chi connectivity index (χ0v) is 15.4. The summed E-state index contributed by atoms with van der Waals surface area (Å²) < 4.78 is 7.69. The molecule has 0 unspecified atom stereocenters. The van der Waals surface area contributed by atoms with Gasteiger partial charge in [0, 0.05) is 30.7 Å². The maximum Gasteiger partial charge on any atom is 0.254 e. The van der Waals surface area contributed by atoms with Crippen LogP contribution in [0.1, 0.15) is 68.5 Å². The largest absolute Gasteiger partial charge is 0.372 e. The number of hydrogen-bond donors (Lipinski definition) is 0. The summed E-state index contributed by atoms with van der Waals surface area (Å²) in [7, 11) is 0. The fourth-order valence-electron chi connectivity index (χ4n) is 3.69. The van der Waals surface area contributed by atoms with E-state index in [-0.39, 0.29) is 24.2 Å². The van der Waals surface area contributed by atoms with Crippen molar-refractivity contribution in [1.82, 2.24) is 19.7 Å². The van der Waals surface area contributed by atoms with Crippen molar-refractivity contribution in [3.05, 3.63) is 23.5 Å². The van der Waals surface area contributed by atoms with E-state index in [1.165, 1.54) is 0 Å². The number of hydrogen-bond acceptors (Lipinski definition) is 4. The Balaban J connectivity index is 1.78. The van der Waals surface area contributed by atoms with Crippen LogP contribution < -0.4 is 0 Å². The molecule has 0 radical (unpaired) electrons. The average Bonchev–Trinajstić information content (AvgIpc) is 3.31. The van der Waals surface area contributed by atoms with Crippen molar-refractivity contribution in [3.8, 4) is 0 Å². The van der Waals surface area contributed by atoms with Gasteiger partial charge in [-0.2, -0.15) is 5.10 Å². The molecule has 2 aromatic heterocycles. The highest BCUT2D eigenvalue weighted by Gasteiger charge is 2.31. The lowest BCUT2D eigenvalue weighted by molar-refractivity contribution is -0.0585. The Morgan fingerprint density at radius 3 is 2.52 bits per heavy atom. The fourth-order valence-corrected chi connectivity index (χ4v) is 3.69. The van der Waals surface area contributed by atoms with Gasteiger partial charge < -0.3 is 9.64 Å². The molecule has 6 nitrogen and oxygen atoms in total. The van der Waals surface area contributed by atoms with Gasteiger partial charge in [-0.05, 0) is 46.6 Å². The number of amides is 1. The first-order valence-corrected chi connectivity index (χ1v) is 9.27. The third kappa shape index (κ3) is 3.03. The van der Waals surface area contributed by atoms with Crippen LogP contribution in [-0.4, -0.2) is 50.9 Å². The minimum atomic E-state index is 0.0614. The molecule has 6 heteroatoms. The summed E-state index contributed by atoms with van der Waals surface area (Å²) in [6, 6.07) is 2.21. The van der Waals surface area contributed by atoms with Crippen molar-refractivity contribution in [2.45, 2.75) is 64.7 Å². The van der Waals surface area contributed by atoms with E-state index < -0.39 is 0 Å². The third-order valence-electron chi connectivity index (χ3n) is 5.01. The molecule has 1 amide bonds. The SMILES string of the molecule is CC(C)n1ncc2c(C(=O)N3C[C@H](C)O[C@@H](C)C3)cc(C3CC3)nc21. The van der Waals surface area contributed by atoms with Crippen molar-refractivity contribution in [3.63, 3.8) is 0 Å². The highest BCUT2D eigenvalue weighted by atomic mass is 16.5. The van der Waals surface area contributed by atoms with Crippen LogP contribution in [0, 0.1) is 0 Å². The van der Waals surface area contributed by atoms with Crippen LogP contribution in [0.2, 0.25) is 0 Å². The molecule has 1 aliphatic carbocycles. The van der Waals surface area contributed by atoms with Gasteiger partial charge in [0.05, 0.1) is 29.4 Å². The van der Waals surface area contributed by atoms with E-state index in [1.54, 1.807) is 6.20 Å². The summed E-state index contributed by atoms with van der Waals surface area (Å²) in [6.07, 6.45) is 4.23. The van der Waals surface area contributed by atoms with E-state index in [0.717, 1.165) is 35.1 Å². The van der Waals surface area contributed by atoms with Gasteiger partial charge in [0.25, 0.3) is 5.91 Å². The molecule has 0 bridgehead atoms. The normalized spacial score (nSPS) is 24.3. The van der Waals surface area contributed by atoms with Crippen LogP contribution in [0.3, 0.4) is 0 Å². The van der Waals surface area contributed by atoms with E-state index >= 15 is 0 Å². The van der Waals surface area contributed by atoms with Crippen molar-refractivity contribution in [1.29, 1.82) is 0 Å². The molecule has 1 saturated heterocycles. The molecule has 0 N–H and O–H groups in total. The summed E-state index contributed by atoms with van der Waals surface area (Å²) in [5.74, 6) is 0.564. The molecule has 4 rings (SSSR count). The molecule has 2 fully saturated rings. The zero-order valence-electron chi connectivity index (χ0n) is 15.4. The number of ether oxygens (including phenoxy) is 1. The highest BCUT2D eigenvalue weighted by Crippen LogP contribution is 2.40. The fraction of sp³-hybridized carbons (Fsp3) is 0.632. The van der Waals surface area contributed by atoms with Gasteiger partial charge in [-0.25, -0.2) is 9.67 Å². The first-order valence-electron chi connectivity index (χ1n) is 9.27. The number of rotatable bonds is 3. The standard InChI is InChI=1S/C19H26N4O2/c1-11(2)23-18-16(8-20-23)15(7-17(21-18)14-5-6-14)19(24)22-9-12(3)25-13(4)10-22/h7-8,11-14H,5-6,9-10H2,1-4H3/t12-,13-/m0/s1. The quantitative estimate of drug-likeness (QED) is 0.860. The van der Waals surface area contributed by atoms with E-state index in [9.17, 15) is 4.79 Å². The molecule has 134 valence electrons. The molecule has 2 aromatic rings. The minimum Gasteiger partial charge on any atom is -0.372 e. The number of fused-ring (bicyclic) bond motifs is 1. The smallest absolute Gasteiger partial charge is 0.254 e. The lowest BCUT2D eigenvalue weighted by Gasteiger charge is -2.35. The van der Waals surface area contributed by atoms with E-state index in [2.05, 4.69) is 18.9 Å². The Morgan fingerprint density at radius 1 is 1.24 bits per heavy atom. The molecule has 2 aliphatic rings. The van der Waals surface area contributed by atoms with Crippen molar-refractivity contribution in [2.24, 2.45) is 0 Å². The second-order valence-electron chi connectivity index (χ2n) is 7.76. The molecule has 1 aliphatic heterocycles. The molecule has 25 heavy (non-hydrogen) atoms. The predicted octanol–water partition coefficient (Wildman–Crippen LogP) is 3.14. The van der Waals surface area contributed by atoms with Crippen molar-refractivity contribution < 1.29 is 9.53 Å². The van der Waals surface area contributed by atoms with E-state index in [0.29, 0.717) is 19.0 Å². The first-order chi connectivity index (χ1) is 11.9. The Labute approximate surface area is 148 Å². The summed E-state index contributed by atoms with van der Waals surface area (Å²) in [6.45, 7) is 9.47. The Hall–Kier alpha value is -1.95. The summed E-state index contributed by atoms with van der Waals surface area (Å²) in [5, 5.41) is 5.35. The molecule has 0 spiro atoms. The minimum absolute atomic E-state index is 0.0614. The molecule has 1 saturated carbocycles. The van der Waals surface area contributed by atoms with E-state index in [1.807, 2.05) is 29.5 Å². The highest BCUT2D eigenvalue weighted by molar-refractivity contribution is 6.05. The Morgan fingerprint density at radius 2 is 1.92 bits per heavy atom. The lowest BCUT2D eigenvalue weighted by atomic mass is 10.1. The first kappa shape index (κ1) is 16.5. The lowest BCUT2D eigenvalue weighted by Crippen LogP contribution is -2.48. The van der Waals surface area contributed by atoms with Gasteiger partial charge in [0.2, 0.25) is 0 Å². The maximum absolute atomic E-state index is 13.3. The van der Waals surface area contributed by atoms with Crippen LogP contribution in [-0.2, 0) is 4.74 Å². The number of nitrogens with zero attached hydrogens (tertiary/aromatic N) is 4. The topological polar surface area (TPSA) is 60.2 Å². The van der Waals surface area contributed by atoms with Gasteiger partial charge in [0.1, 0.15) is 0 Å². The van der Waals surface area contributed by atoms with E-state index in [4.69, 9.17) is 9.72 Å². The predicted molar refractivity (Wildman–Crippen MR) is 95.8 cm³/mol. The van der Waals surface area contributed by atoms with Crippen LogP contribution in [0.4, 0.5) is 0 Å². The molecule has 3 heterocycles. The Kier molecular flexibility index (Phi) is 4.02. The Bertz CT molecular complexity index is 799. The van der Waals surface area contributed by atoms with Crippen LogP contribution in [0.5, 0.6) is 0 Å². The van der Waals surface area contributed by atoms with Gasteiger partial charge in [0.15, 0.2) is 5.65 Å². The second kappa shape index (κ2) is 6.09. The van der Waals surface area contributed by atoms with Gasteiger partial charge in [-0.1, -0.05) is 0 Å². The third-order valence-corrected chi connectivity index (χ3v) is 5.01. The molecular weight excluding hydrogens is 316 g/mol. The molecular formula is C19H26N4O2. The van der Waals surface area contributed by atoms with Gasteiger partial charge in [-0.3, -0.25) is 4.79 Å². The number of pyridine rings is 1. The van der Waals surface area contributed by atoms with Crippen LogP contribution in [0.15, 0.2) is 12.3 Å². The summed E-state index contributed by atoms with van der Waals surface area (Å²) >= 11 is 0. The van der Waals surface area contributed by atoms with Crippen LogP contribution >= 0.6 is 0 Å². The maximum atomic E-state index is 13.3. The number of aromatic nitrogens is 3. The number of carbonyl (C=O) groups excluding carboxylic acids is 1. The van der Waals surface area contributed by atoms with Crippen LogP contribution in [0.25, 0.3) is 11.0 Å². The molecule has 2 atom stereocenters. The summed E-state index contributed by atoms with van der Waals surface area (Å²) in [4.78, 5) is 20.0. The molecule has 0 aromatic carbocycles.